The molecule has 0 aliphatic carbocycles. The number of carbonyl (C=O) groups excluding carboxylic acids is 1. The molecule has 8 heteroatoms. The molecule has 0 saturated carbocycles. The van der Waals surface area contributed by atoms with E-state index in [4.69, 9.17) is 5.11 Å². The number of carboxylic acid groups (broad SMARTS) is 1. The second kappa shape index (κ2) is 10.6. The van der Waals surface area contributed by atoms with E-state index in [0.29, 0.717) is 18.1 Å². The highest BCUT2D eigenvalue weighted by Gasteiger charge is 2.38. The van der Waals surface area contributed by atoms with Crippen molar-refractivity contribution >= 4 is 23.5 Å². The van der Waals surface area contributed by atoms with Gasteiger partial charge in [0, 0.05) is 6.54 Å². The highest BCUT2D eigenvalue weighted by Crippen LogP contribution is 2.41. The van der Waals surface area contributed by atoms with E-state index in [9.17, 15) is 9.59 Å². The highest BCUT2D eigenvalue weighted by atomic mass is 16.4. The predicted molar refractivity (Wildman–Crippen MR) is 135 cm³/mol. The van der Waals surface area contributed by atoms with Gasteiger partial charge in [0.15, 0.2) is 0 Å². The molecule has 178 valence electrons. The molecule has 0 aliphatic heterocycles. The maximum absolute atomic E-state index is 12.4. The summed E-state index contributed by atoms with van der Waals surface area (Å²) in [7, 11) is 0. The molecule has 0 aliphatic rings. The van der Waals surface area contributed by atoms with Crippen LogP contribution in [0.3, 0.4) is 0 Å². The lowest BCUT2D eigenvalue weighted by molar-refractivity contribution is -0.115. The Labute approximate surface area is 203 Å². The van der Waals surface area contributed by atoms with Gasteiger partial charge in [-0.15, -0.1) is 0 Å². The quantitative estimate of drug-likeness (QED) is 0.270. The molecule has 0 saturated heterocycles. The van der Waals surface area contributed by atoms with Crippen molar-refractivity contribution in [2.24, 2.45) is 0 Å². The fourth-order valence-corrected chi connectivity index (χ4v) is 4.16. The minimum atomic E-state index is -1.26. The average Bonchev–Trinajstić information content (AvgIpc) is 3.28. The predicted octanol–water partition coefficient (Wildman–Crippen LogP) is 4.51. The Bertz CT molecular complexity index is 1180. The molecule has 0 fully saturated rings. The molecule has 35 heavy (non-hydrogen) atoms. The van der Waals surface area contributed by atoms with Gasteiger partial charge >= 0.3 is 6.09 Å². The van der Waals surface area contributed by atoms with E-state index in [1.165, 1.54) is 0 Å². The summed E-state index contributed by atoms with van der Waals surface area (Å²) in [5, 5.41) is 21.9. The molecule has 0 spiro atoms. The number of benzene rings is 3. The van der Waals surface area contributed by atoms with E-state index in [-0.39, 0.29) is 6.54 Å². The lowest BCUT2D eigenvalue weighted by Crippen LogP contribution is -2.39. The summed E-state index contributed by atoms with van der Waals surface area (Å²) in [5.74, 6) is 0.114. The number of aryl methyl sites for hydroxylation is 1. The third-order valence-electron chi connectivity index (χ3n) is 5.74. The maximum Gasteiger partial charge on any atom is 0.405 e. The molecular weight excluding hydrogens is 442 g/mol. The summed E-state index contributed by atoms with van der Waals surface area (Å²) in [6.07, 6.45) is 0.301. The van der Waals surface area contributed by atoms with Crippen LogP contribution in [0.25, 0.3) is 0 Å². The Hall–Kier alpha value is -4.59. The SMILES string of the molecule is CCn1ncc(NC(=O)CNC(=O)O)c1NC(c1ccccc1)(c1ccccc1)c1ccccc1. The number of hydrogen-bond acceptors (Lipinski definition) is 4. The first kappa shape index (κ1) is 23.6. The molecular formula is C27H27N5O3. The molecule has 3 aromatic carbocycles. The van der Waals surface area contributed by atoms with E-state index < -0.39 is 17.5 Å². The van der Waals surface area contributed by atoms with Gasteiger partial charge in [0.25, 0.3) is 0 Å². The van der Waals surface area contributed by atoms with Gasteiger partial charge in [-0.1, -0.05) is 91.0 Å². The Morgan fingerprint density at radius 2 is 1.34 bits per heavy atom. The van der Waals surface area contributed by atoms with Gasteiger partial charge in [-0.3, -0.25) is 4.79 Å². The van der Waals surface area contributed by atoms with Crippen molar-refractivity contribution in [2.75, 3.05) is 17.2 Å². The summed E-state index contributed by atoms with van der Waals surface area (Å²) in [6, 6.07) is 30.3. The van der Waals surface area contributed by atoms with Crippen molar-refractivity contribution < 1.29 is 14.7 Å². The number of nitrogens with one attached hydrogen (secondary N) is 3. The smallest absolute Gasteiger partial charge is 0.405 e. The zero-order chi connectivity index (χ0) is 24.7. The van der Waals surface area contributed by atoms with Gasteiger partial charge in [0.05, 0.1) is 6.20 Å². The second-order valence-electron chi connectivity index (χ2n) is 7.90. The maximum atomic E-state index is 12.4. The molecule has 4 N–H and O–H groups in total. The molecule has 2 amide bonds. The number of rotatable bonds is 9. The van der Waals surface area contributed by atoms with Gasteiger partial charge in [0.2, 0.25) is 5.91 Å². The van der Waals surface area contributed by atoms with Crippen LogP contribution in [0.15, 0.2) is 97.2 Å². The molecule has 0 unspecified atom stereocenters. The van der Waals surface area contributed by atoms with Crippen LogP contribution in [0, 0.1) is 0 Å². The standard InChI is InChI=1S/C27H27N5O3/c1-2-32-25(23(18-29-32)30-24(33)19-28-26(34)35)31-27(20-12-6-3-7-13-20,21-14-8-4-9-15-21)22-16-10-5-11-17-22/h3-18,28,31H,2,19H2,1H3,(H,30,33)(H,34,35). The highest BCUT2D eigenvalue weighted by molar-refractivity contribution is 5.96. The second-order valence-corrected chi connectivity index (χ2v) is 7.90. The zero-order valence-electron chi connectivity index (χ0n) is 19.3. The van der Waals surface area contributed by atoms with Gasteiger partial charge in [0.1, 0.15) is 23.6 Å². The van der Waals surface area contributed by atoms with Crippen molar-refractivity contribution in [3.63, 3.8) is 0 Å². The fraction of sp³-hybridized carbons (Fsp3) is 0.148. The number of anilines is 2. The largest absolute Gasteiger partial charge is 0.465 e. The normalized spacial score (nSPS) is 11.0. The molecule has 4 aromatic rings. The van der Waals surface area contributed by atoms with E-state index >= 15 is 0 Å². The number of carbonyl (C=O) groups is 2. The number of amides is 2. The minimum absolute atomic E-state index is 0.368. The summed E-state index contributed by atoms with van der Waals surface area (Å²) in [6.45, 7) is 2.15. The van der Waals surface area contributed by atoms with Gasteiger partial charge in [-0.25, -0.2) is 9.48 Å². The lowest BCUT2D eigenvalue weighted by atomic mass is 9.77. The van der Waals surface area contributed by atoms with Crippen molar-refractivity contribution in [3.8, 4) is 0 Å². The van der Waals surface area contributed by atoms with Crippen LogP contribution in [0.1, 0.15) is 23.6 Å². The van der Waals surface area contributed by atoms with Crippen LogP contribution in [0.5, 0.6) is 0 Å². The van der Waals surface area contributed by atoms with E-state index in [0.717, 1.165) is 16.7 Å². The minimum Gasteiger partial charge on any atom is -0.465 e. The third-order valence-corrected chi connectivity index (χ3v) is 5.74. The topological polar surface area (TPSA) is 108 Å². The molecule has 0 radical (unpaired) electrons. The molecule has 4 rings (SSSR count). The molecule has 1 heterocycles. The fourth-order valence-electron chi connectivity index (χ4n) is 4.16. The zero-order valence-corrected chi connectivity index (χ0v) is 19.3. The van der Waals surface area contributed by atoms with Gasteiger partial charge in [-0.05, 0) is 23.6 Å². The van der Waals surface area contributed by atoms with Crippen LogP contribution in [-0.2, 0) is 16.9 Å². The van der Waals surface area contributed by atoms with Crippen LogP contribution >= 0.6 is 0 Å². The average molecular weight is 470 g/mol. The van der Waals surface area contributed by atoms with Crippen molar-refractivity contribution in [1.82, 2.24) is 15.1 Å². The summed E-state index contributed by atoms with van der Waals surface area (Å²) < 4.78 is 1.77. The summed E-state index contributed by atoms with van der Waals surface area (Å²) in [5.41, 5.74) is 2.66. The Morgan fingerprint density at radius 3 is 1.77 bits per heavy atom. The van der Waals surface area contributed by atoms with Crippen LogP contribution in [0.2, 0.25) is 0 Å². The Balaban J connectivity index is 1.87. The van der Waals surface area contributed by atoms with Crippen LogP contribution in [0.4, 0.5) is 16.3 Å². The monoisotopic (exact) mass is 469 g/mol. The van der Waals surface area contributed by atoms with E-state index in [2.05, 4.69) is 57.4 Å². The van der Waals surface area contributed by atoms with Crippen molar-refractivity contribution in [3.05, 3.63) is 114 Å². The molecule has 1 aromatic heterocycles. The van der Waals surface area contributed by atoms with E-state index in [1.807, 2.05) is 61.5 Å². The molecule has 0 atom stereocenters. The molecule has 0 bridgehead atoms. The lowest BCUT2D eigenvalue weighted by Gasteiger charge is -2.38. The van der Waals surface area contributed by atoms with Crippen LogP contribution < -0.4 is 16.0 Å². The first-order chi connectivity index (χ1) is 17.0. The first-order valence-corrected chi connectivity index (χ1v) is 11.3. The van der Waals surface area contributed by atoms with Crippen LogP contribution in [-0.4, -0.2) is 33.4 Å². The number of hydrogen-bond donors (Lipinski definition) is 4. The van der Waals surface area contributed by atoms with Gasteiger partial charge in [-0.2, -0.15) is 5.10 Å². The Morgan fingerprint density at radius 1 is 0.857 bits per heavy atom. The Kier molecular flexibility index (Phi) is 7.11. The summed E-state index contributed by atoms with van der Waals surface area (Å²) >= 11 is 0. The first-order valence-electron chi connectivity index (χ1n) is 11.3. The van der Waals surface area contributed by atoms with Gasteiger partial charge < -0.3 is 21.1 Å². The molecule has 8 nitrogen and oxygen atoms in total. The number of nitrogens with zero attached hydrogens (tertiary/aromatic N) is 2. The van der Waals surface area contributed by atoms with Crippen molar-refractivity contribution in [1.29, 1.82) is 0 Å². The van der Waals surface area contributed by atoms with E-state index in [1.54, 1.807) is 10.9 Å². The van der Waals surface area contributed by atoms with Crippen molar-refractivity contribution in [2.45, 2.75) is 19.0 Å². The summed E-state index contributed by atoms with van der Waals surface area (Å²) in [4.78, 5) is 23.3. The third kappa shape index (κ3) is 5.01. The number of aromatic nitrogens is 2.